The fraction of sp³-hybridized carbons (Fsp3) is 0.444. The van der Waals surface area contributed by atoms with Gasteiger partial charge >= 0.3 is 0 Å². The lowest BCUT2D eigenvalue weighted by Crippen LogP contribution is -2.47. The Labute approximate surface area is 135 Å². The zero-order valence-corrected chi connectivity index (χ0v) is 13.1. The van der Waals surface area contributed by atoms with Crippen molar-refractivity contribution >= 4 is 16.9 Å². The highest BCUT2D eigenvalue weighted by Crippen LogP contribution is 2.27. The monoisotopic (exact) mass is 309 g/mol. The second-order valence-electron chi connectivity index (χ2n) is 6.38. The standard InChI is InChI=1S/C18H19N3O2/c1-2-3-13-11-23-17-15(13)4-6-19-16(17)18(22)20-14-8-12-5-7-21(9-12)10-14/h4,6,11-12,14H,5,7-10H2,1H3,(H,20,22)/t12-,14-/m1/s1. The highest BCUT2D eigenvalue weighted by Gasteiger charge is 2.33. The van der Waals surface area contributed by atoms with Crippen LogP contribution in [0, 0.1) is 17.8 Å². The van der Waals surface area contributed by atoms with Crippen LogP contribution in [0.2, 0.25) is 0 Å². The predicted octanol–water partition coefficient (Wildman–Crippen LogP) is 2.02. The maximum Gasteiger partial charge on any atom is 0.274 e. The van der Waals surface area contributed by atoms with Crippen LogP contribution in [0.15, 0.2) is 22.9 Å². The minimum atomic E-state index is -0.159. The molecule has 3 atom stereocenters. The molecule has 0 aliphatic carbocycles. The van der Waals surface area contributed by atoms with E-state index in [1.54, 1.807) is 19.4 Å². The second kappa shape index (κ2) is 5.71. The molecule has 0 saturated carbocycles. The molecule has 2 aliphatic rings. The third-order valence-electron chi connectivity index (χ3n) is 4.77. The zero-order valence-electron chi connectivity index (χ0n) is 13.1. The Morgan fingerprint density at radius 3 is 3.22 bits per heavy atom. The number of rotatable bonds is 2. The van der Waals surface area contributed by atoms with Gasteiger partial charge in [-0.25, -0.2) is 4.98 Å². The van der Waals surface area contributed by atoms with Crippen molar-refractivity contribution in [2.75, 3.05) is 19.6 Å². The van der Waals surface area contributed by atoms with Crippen LogP contribution in [0.5, 0.6) is 0 Å². The van der Waals surface area contributed by atoms with Crippen LogP contribution in [0.3, 0.4) is 0 Å². The molecular weight excluding hydrogens is 290 g/mol. The van der Waals surface area contributed by atoms with Gasteiger partial charge in [-0.1, -0.05) is 5.92 Å². The van der Waals surface area contributed by atoms with Gasteiger partial charge in [0.05, 0.1) is 5.56 Å². The minimum absolute atomic E-state index is 0.159. The highest BCUT2D eigenvalue weighted by molar-refractivity contribution is 6.04. The minimum Gasteiger partial charge on any atom is -0.460 e. The van der Waals surface area contributed by atoms with E-state index >= 15 is 0 Å². The first-order valence-electron chi connectivity index (χ1n) is 8.07. The van der Waals surface area contributed by atoms with E-state index in [2.05, 4.69) is 27.0 Å². The maximum absolute atomic E-state index is 12.6. The van der Waals surface area contributed by atoms with Gasteiger partial charge in [-0.3, -0.25) is 4.79 Å². The van der Waals surface area contributed by atoms with Crippen LogP contribution >= 0.6 is 0 Å². The molecule has 118 valence electrons. The first kappa shape index (κ1) is 14.3. The molecule has 2 aromatic rings. The fourth-order valence-electron chi connectivity index (χ4n) is 3.77. The molecule has 4 heterocycles. The van der Waals surface area contributed by atoms with Crippen LogP contribution in [0.1, 0.15) is 35.8 Å². The third-order valence-corrected chi connectivity index (χ3v) is 4.77. The normalized spacial score (nSPS) is 25.9. The molecule has 2 fully saturated rings. The van der Waals surface area contributed by atoms with Gasteiger partial charge in [0.15, 0.2) is 11.3 Å². The third kappa shape index (κ3) is 2.60. The molecule has 2 aromatic heterocycles. The van der Waals surface area contributed by atoms with Gasteiger partial charge in [-0.15, -0.1) is 5.92 Å². The molecule has 2 saturated heterocycles. The summed E-state index contributed by atoms with van der Waals surface area (Å²) in [6.45, 7) is 5.04. The molecular formula is C18H19N3O2. The molecule has 23 heavy (non-hydrogen) atoms. The quantitative estimate of drug-likeness (QED) is 0.862. The van der Waals surface area contributed by atoms with Crippen molar-refractivity contribution in [2.24, 2.45) is 5.92 Å². The van der Waals surface area contributed by atoms with Crippen molar-refractivity contribution in [3.05, 3.63) is 29.8 Å². The summed E-state index contributed by atoms with van der Waals surface area (Å²) >= 11 is 0. The Morgan fingerprint density at radius 1 is 1.48 bits per heavy atom. The number of nitrogens with one attached hydrogen (secondary N) is 1. The lowest BCUT2D eigenvalue weighted by Gasteiger charge is -2.30. The number of carbonyl (C=O) groups is 1. The van der Waals surface area contributed by atoms with Crippen molar-refractivity contribution in [1.29, 1.82) is 0 Å². The van der Waals surface area contributed by atoms with E-state index < -0.39 is 0 Å². The first-order chi connectivity index (χ1) is 11.2. The molecule has 5 heteroatoms. The topological polar surface area (TPSA) is 58.4 Å². The van der Waals surface area contributed by atoms with E-state index in [4.69, 9.17) is 4.42 Å². The molecule has 4 rings (SSSR count). The van der Waals surface area contributed by atoms with Crippen LogP contribution in [-0.2, 0) is 0 Å². The number of carbonyl (C=O) groups excluding carboxylic acids is 1. The van der Waals surface area contributed by atoms with Crippen LogP contribution in [0.4, 0.5) is 0 Å². The number of furan rings is 1. The average Bonchev–Trinajstić information content (AvgIpc) is 3.11. The number of aromatic nitrogens is 1. The highest BCUT2D eigenvalue weighted by atomic mass is 16.3. The summed E-state index contributed by atoms with van der Waals surface area (Å²) in [4.78, 5) is 19.3. The molecule has 2 bridgehead atoms. The number of piperidine rings is 1. The van der Waals surface area contributed by atoms with Crippen molar-refractivity contribution in [1.82, 2.24) is 15.2 Å². The fourth-order valence-corrected chi connectivity index (χ4v) is 3.77. The van der Waals surface area contributed by atoms with E-state index in [1.807, 2.05) is 6.07 Å². The van der Waals surface area contributed by atoms with Gasteiger partial charge in [0, 0.05) is 30.7 Å². The Hall–Kier alpha value is -2.32. The van der Waals surface area contributed by atoms with Crippen molar-refractivity contribution in [2.45, 2.75) is 25.8 Å². The first-order valence-corrected chi connectivity index (χ1v) is 8.07. The van der Waals surface area contributed by atoms with Gasteiger partial charge in [-0.2, -0.15) is 0 Å². The van der Waals surface area contributed by atoms with Crippen molar-refractivity contribution in [3.8, 4) is 11.8 Å². The predicted molar refractivity (Wildman–Crippen MR) is 87.0 cm³/mol. The molecule has 1 unspecified atom stereocenters. The van der Waals surface area contributed by atoms with E-state index in [-0.39, 0.29) is 11.9 Å². The van der Waals surface area contributed by atoms with Crippen LogP contribution in [-0.4, -0.2) is 41.5 Å². The van der Waals surface area contributed by atoms with E-state index in [9.17, 15) is 4.79 Å². The summed E-state index contributed by atoms with van der Waals surface area (Å²) in [7, 11) is 0. The zero-order chi connectivity index (χ0) is 15.8. The SMILES string of the molecule is CC#Cc1coc2c(C(=O)N[C@@H]3C[C@H]4CCN(C4)C3)nccc12. The van der Waals surface area contributed by atoms with Gasteiger partial charge in [-0.05, 0) is 38.3 Å². The Kier molecular flexibility index (Phi) is 3.55. The Balaban J connectivity index is 1.58. The van der Waals surface area contributed by atoms with Crippen LogP contribution in [0.25, 0.3) is 11.0 Å². The Morgan fingerprint density at radius 2 is 2.39 bits per heavy atom. The van der Waals surface area contributed by atoms with E-state index in [0.717, 1.165) is 30.5 Å². The lowest BCUT2D eigenvalue weighted by atomic mass is 9.97. The van der Waals surface area contributed by atoms with Gasteiger partial charge in [0.2, 0.25) is 0 Å². The number of fused-ring (bicyclic) bond motifs is 3. The molecule has 0 radical (unpaired) electrons. The van der Waals surface area contributed by atoms with Gasteiger partial charge in [0.1, 0.15) is 6.26 Å². The Bertz CT molecular complexity index is 803. The van der Waals surface area contributed by atoms with Crippen LogP contribution < -0.4 is 5.32 Å². The average molecular weight is 309 g/mol. The van der Waals surface area contributed by atoms with Gasteiger partial charge < -0.3 is 14.6 Å². The number of pyridine rings is 1. The molecule has 0 spiro atoms. The smallest absolute Gasteiger partial charge is 0.274 e. The number of hydrogen-bond donors (Lipinski definition) is 1. The molecule has 1 N–H and O–H groups in total. The van der Waals surface area contributed by atoms with E-state index in [1.165, 1.54) is 13.0 Å². The molecule has 2 aliphatic heterocycles. The summed E-state index contributed by atoms with van der Waals surface area (Å²) in [5.41, 5.74) is 1.65. The summed E-state index contributed by atoms with van der Waals surface area (Å²) in [5.74, 6) is 6.40. The summed E-state index contributed by atoms with van der Waals surface area (Å²) in [6, 6.07) is 2.03. The number of nitrogens with zero attached hydrogens (tertiary/aromatic N) is 2. The van der Waals surface area contributed by atoms with Crippen molar-refractivity contribution < 1.29 is 9.21 Å². The van der Waals surface area contributed by atoms with Gasteiger partial charge in [0.25, 0.3) is 5.91 Å². The summed E-state index contributed by atoms with van der Waals surface area (Å²) in [6.07, 6.45) is 5.54. The number of amides is 1. The molecule has 0 aromatic carbocycles. The molecule has 1 amide bonds. The summed E-state index contributed by atoms with van der Waals surface area (Å²) < 4.78 is 5.56. The summed E-state index contributed by atoms with van der Waals surface area (Å²) in [5, 5.41) is 3.97. The van der Waals surface area contributed by atoms with E-state index in [0.29, 0.717) is 17.2 Å². The largest absolute Gasteiger partial charge is 0.460 e. The molecule has 5 nitrogen and oxygen atoms in total. The maximum atomic E-state index is 12.6. The second-order valence-corrected chi connectivity index (χ2v) is 6.38. The van der Waals surface area contributed by atoms with Crippen molar-refractivity contribution in [3.63, 3.8) is 0 Å². The number of hydrogen-bond acceptors (Lipinski definition) is 4. The lowest BCUT2D eigenvalue weighted by molar-refractivity contribution is 0.0905.